The van der Waals surface area contributed by atoms with Crippen molar-refractivity contribution >= 4 is 12.6 Å². The Hall–Kier alpha value is -0.920. The zero-order valence-electron chi connectivity index (χ0n) is 10.8. The summed E-state index contributed by atoms with van der Waals surface area (Å²) in [4.78, 5) is 3.85. The molecule has 0 spiro atoms. The van der Waals surface area contributed by atoms with Crippen LogP contribution in [0.25, 0.3) is 0 Å². The Morgan fingerprint density at radius 1 is 1.13 bits per heavy atom. The van der Waals surface area contributed by atoms with Crippen LogP contribution in [0.5, 0.6) is 0 Å². The summed E-state index contributed by atoms with van der Waals surface area (Å²) in [6.07, 6.45) is 7.26. The predicted molar refractivity (Wildman–Crippen MR) is 68.8 cm³/mol. The second-order valence-corrected chi connectivity index (χ2v) is 5.74. The van der Waals surface area contributed by atoms with Crippen LogP contribution in [0.2, 0.25) is 0 Å². The van der Waals surface area contributed by atoms with Crippen LogP contribution in [0.1, 0.15) is 41.5 Å². The molecule has 0 aromatic heterocycles. The van der Waals surface area contributed by atoms with E-state index in [2.05, 4.69) is 58.7 Å². The Kier molecular flexibility index (Phi) is 4.92. The monoisotopic (exact) mass is 208 g/mol. The van der Waals surface area contributed by atoms with Crippen molar-refractivity contribution in [2.24, 2.45) is 21.7 Å². The molecule has 0 rings (SSSR count). The normalized spacial score (nSPS) is 16.1. The third kappa shape index (κ3) is 6.21. The van der Waals surface area contributed by atoms with E-state index in [0.29, 0.717) is 11.3 Å². The van der Waals surface area contributed by atoms with Gasteiger partial charge in [-0.15, -0.1) is 0 Å². The van der Waals surface area contributed by atoms with Crippen LogP contribution in [-0.4, -0.2) is 12.6 Å². The second-order valence-electron chi connectivity index (χ2n) is 5.74. The average molecular weight is 208 g/mol. The average Bonchev–Trinajstić information content (AvgIpc) is 2.09. The lowest BCUT2D eigenvalue weighted by Crippen LogP contribution is -2.16. The number of nitrogens with zero attached hydrogens (tertiary/aromatic N) is 1. The topological polar surface area (TPSA) is 36.2 Å². The molecule has 0 aliphatic heterocycles. The van der Waals surface area contributed by atoms with Gasteiger partial charge in [0.2, 0.25) is 0 Å². The third-order valence-electron chi connectivity index (χ3n) is 2.66. The molecule has 0 aromatic rings. The molecular formula is C13H24N2. The van der Waals surface area contributed by atoms with Crippen LogP contribution in [0.15, 0.2) is 17.1 Å². The van der Waals surface area contributed by atoms with Gasteiger partial charge in [0.25, 0.3) is 0 Å². The molecule has 86 valence electrons. The van der Waals surface area contributed by atoms with Crippen LogP contribution in [0, 0.1) is 22.2 Å². The van der Waals surface area contributed by atoms with Crippen LogP contribution < -0.4 is 0 Å². The quantitative estimate of drug-likeness (QED) is 0.413. The summed E-state index contributed by atoms with van der Waals surface area (Å²) < 4.78 is 0. The van der Waals surface area contributed by atoms with Crippen LogP contribution in [0.3, 0.4) is 0 Å². The van der Waals surface area contributed by atoms with Gasteiger partial charge in [-0.05, 0) is 11.3 Å². The summed E-state index contributed by atoms with van der Waals surface area (Å²) in [7, 11) is 0. The maximum Gasteiger partial charge on any atom is 0.106 e. The lowest BCUT2D eigenvalue weighted by atomic mass is 9.80. The van der Waals surface area contributed by atoms with Crippen LogP contribution in [0.4, 0.5) is 0 Å². The van der Waals surface area contributed by atoms with Crippen molar-refractivity contribution in [3.63, 3.8) is 0 Å². The summed E-state index contributed by atoms with van der Waals surface area (Å²) in [5, 5.41) is 6.85. The van der Waals surface area contributed by atoms with Crippen molar-refractivity contribution in [1.29, 1.82) is 5.41 Å². The van der Waals surface area contributed by atoms with E-state index in [1.54, 1.807) is 6.21 Å². The summed E-state index contributed by atoms with van der Waals surface area (Å²) >= 11 is 0. The molecule has 0 saturated carbocycles. The molecule has 15 heavy (non-hydrogen) atoms. The summed E-state index contributed by atoms with van der Waals surface area (Å²) in [5.41, 5.74) is 0.225. The van der Waals surface area contributed by atoms with E-state index in [4.69, 9.17) is 5.41 Å². The summed E-state index contributed by atoms with van der Waals surface area (Å²) in [5.74, 6) is 0.533. The molecule has 1 N–H and O–H groups in total. The van der Waals surface area contributed by atoms with Gasteiger partial charge in [0.05, 0.1) is 0 Å². The largest absolute Gasteiger partial charge is 0.290 e. The van der Waals surface area contributed by atoms with Crippen molar-refractivity contribution in [3.05, 3.63) is 12.2 Å². The van der Waals surface area contributed by atoms with Crippen LogP contribution >= 0.6 is 0 Å². The Bertz CT molecular complexity index is 254. The molecule has 0 aliphatic rings. The van der Waals surface area contributed by atoms with E-state index in [-0.39, 0.29) is 5.41 Å². The van der Waals surface area contributed by atoms with Crippen molar-refractivity contribution < 1.29 is 0 Å². The molecule has 1 unspecified atom stereocenters. The van der Waals surface area contributed by atoms with Gasteiger partial charge in [-0.25, -0.2) is 4.99 Å². The van der Waals surface area contributed by atoms with Crippen LogP contribution in [-0.2, 0) is 0 Å². The minimum Gasteiger partial charge on any atom is -0.290 e. The Morgan fingerprint density at radius 2 is 1.67 bits per heavy atom. The van der Waals surface area contributed by atoms with Gasteiger partial charge in [0, 0.05) is 11.6 Å². The van der Waals surface area contributed by atoms with Gasteiger partial charge in [0.15, 0.2) is 0 Å². The molecule has 0 heterocycles. The molecule has 1 atom stereocenters. The van der Waals surface area contributed by atoms with E-state index in [9.17, 15) is 0 Å². The predicted octanol–water partition coefficient (Wildman–Crippen LogP) is 3.93. The Labute approximate surface area is 94.0 Å². The van der Waals surface area contributed by atoms with Gasteiger partial charge < -0.3 is 0 Å². The highest BCUT2D eigenvalue weighted by Gasteiger charge is 2.18. The summed E-state index contributed by atoms with van der Waals surface area (Å²) in [6.45, 7) is 13.1. The fourth-order valence-electron chi connectivity index (χ4n) is 0.953. The van der Waals surface area contributed by atoms with E-state index in [1.165, 1.54) is 0 Å². The molecule has 2 nitrogen and oxygen atoms in total. The SMILES string of the molecule is CC(/C=C\C(C)(C)C=NC=N)C(C)(C)C. The highest BCUT2D eigenvalue weighted by atomic mass is 14.7. The first-order valence-corrected chi connectivity index (χ1v) is 5.42. The molecule has 0 bridgehead atoms. The lowest BCUT2D eigenvalue weighted by molar-refractivity contribution is 0.313. The minimum atomic E-state index is -0.0724. The molecule has 0 aliphatic carbocycles. The van der Waals surface area contributed by atoms with Gasteiger partial charge in [-0.2, -0.15) is 0 Å². The van der Waals surface area contributed by atoms with Gasteiger partial charge in [-0.1, -0.05) is 53.7 Å². The minimum absolute atomic E-state index is 0.0724. The first kappa shape index (κ1) is 14.1. The molecule has 0 radical (unpaired) electrons. The van der Waals surface area contributed by atoms with E-state index in [0.717, 1.165) is 6.34 Å². The fourth-order valence-corrected chi connectivity index (χ4v) is 0.953. The maximum atomic E-state index is 6.85. The molecular weight excluding hydrogens is 184 g/mol. The third-order valence-corrected chi connectivity index (χ3v) is 2.66. The number of rotatable bonds is 4. The number of hydrogen-bond donors (Lipinski definition) is 1. The second kappa shape index (κ2) is 5.24. The van der Waals surface area contributed by atoms with Gasteiger partial charge >= 0.3 is 0 Å². The van der Waals surface area contributed by atoms with Crippen molar-refractivity contribution in [3.8, 4) is 0 Å². The fraction of sp³-hybridized carbons (Fsp3) is 0.692. The number of allylic oxidation sites excluding steroid dienone is 2. The number of aliphatic imine (C=N–C) groups is 1. The smallest absolute Gasteiger partial charge is 0.106 e. The Balaban J connectivity index is 4.51. The molecule has 0 saturated heterocycles. The Morgan fingerprint density at radius 3 is 2.07 bits per heavy atom. The summed E-state index contributed by atoms with van der Waals surface area (Å²) in [6, 6.07) is 0. The van der Waals surface area contributed by atoms with E-state index in [1.807, 2.05) is 0 Å². The van der Waals surface area contributed by atoms with Gasteiger partial charge in [0.1, 0.15) is 6.34 Å². The van der Waals surface area contributed by atoms with E-state index >= 15 is 0 Å². The van der Waals surface area contributed by atoms with Crippen molar-refractivity contribution in [2.75, 3.05) is 0 Å². The molecule has 0 fully saturated rings. The number of hydrogen-bond acceptors (Lipinski definition) is 1. The first-order valence-electron chi connectivity index (χ1n) is 5.42. The molecule has 0 amide bonds. The first-order chi connectivity index (χ1) is 6.69. The lowest BCUT2D eigenvalue weighted by Gasteiger charge is -2.25. The van der Waals surface area contributed by atoms with E-state index < -0.39 is 0 Å². The standard InChI is InChI=1S/C13H24N2/c1-11(12(2,3)4)7-8-13(5,6)9-15-10-14/h7-11,14H,1-6H3/b8-7-,14-10?,15-9?. The zero-order valence-corrected chi connectivity index (χ0v) is 10.8. The highest BCUT2D eigenvalue weighted by molar-refractivity contribution is 5.76. The van der Waals surface area contributed by atoms with Gasteiger partial charge in [-0.3, -0.25) is 5.41 Å². The maximum absolute atomic E-state index is 6.85. The highest BCUT2D eigenvalue weighted by Crippen LogP contribution is 2.27. The van der Waals surface area contributed by atoms with Crippen molar-refractivity contribution in [2.45, 2.75) is 41.5 Å². The molecule has 2 heteroatoms. The van der Waals surface area contributed by atoms with Crippen molar-refractivity contribution in [1.82, 2.24) is 0 Å². The zero-order chi connectivity index (χ0) is 12.1. The number of nitrogens with one attached hydrogen (secondary N) is 1. The molecule has 0 aromatic carbocycles.